The molecule has 0 spiro atoms. The fraction of sp³-hybridized carbons (Fsp3) is 0.466. The van der Waals surface area contributed by atoms with Crippen LogP contribution in [0.25, 0.3) is 27.5 Å². The number of benzene rings is 3. The van der Waals surface area contributed by atoms with Crippen molar-refractivity contribution in [1.29, 1.82) is 0 Å². The molecule has 3 heteroatoms. The molecule has 5 rings (SSSR count). The van der Waals surface area contributed by atoms with Crippen LogP contribution in [0.5, 0.6) is 0 Å². The molecule has 0 amide bonds. The third-order valence-corrected chi connectivity index (χ3v) is 15.2. The number of rotatable bonds is 23. The highest BCUT2D eigenvalue weighted by Crippen LogP contribution is 2.53. The number of thioether (sulfide) groups is 2. The Morgan fingerprint density at radius 3 is 2.11 bits per heavy atom. The minimum atomic E-state index is 0.303. The number of hydrogen-bond acceptors (Lipinski definition) is 3. The predicted molar refractivity (Wildman–Crippen MR) is 278 cm³/mol. The molecular weight excluding hydrogens is 775 g/mol. The first kappa shape index (κ1) is 48.5. The van der Waals surface area contributed by atoms with Gasteiger partial charge in [0.05, 0.1) is 10.7 Å². The maximum Gasteiger partial charge on any atom is 0.0812 e. The van der Waals surface area contributed by atoms with E-state index in [1.807, 2.05) is 35.7 Å². The summed E-state index contributed by atoms with van der Waals surface area (Å²) in [5.41, 5.74) is 11.2. The Bertz CT molecular complexity index is 2170. The van der Waals surface area contributed by atoms with Crippen LogP contribution in [0.4, 0.5) is 5.69 Å². The first-order chi connectivity index (χ1) is 29.2. The molecule has 3 unspecified atom stereocenters. The highest BCUT2D eigenvalue weighted by Gasteiger charge is 2.27. The number of allylic oxidation sites excluding steroid dienone is 10. The summed E-state index contributed by atoms with van der Waals surface area (Å²) in [5, 5.41) is 3.69. The predicted octanol–water partition coefficient (Wildman–Crippen LogP) is 19.1. The standard InChI is InChI=1S/C58H77NS2/c1-14-46(28-26-41(9)22-18-20-38(3)4)30-33-48(15-2)51-36-54-56-55(44(51)12)53(60-45(13)50-25-17-16-24-43(50)11)37-52(57(56)59-58(61-54)40(7)8)49-34-31-47(32-35-49)29-27-42(10)23-19-21-39(5)6/h14-17,25,30-43H,1-2,13,18-24,26-29H2,3-12H3/b46-30+,48-33+. The van der Waals surface area contributed by atoms with Gasteiger partial charge in [-0.15, -0.1) is 0 Å². The van der Waals surface area contributed by atoms with Crippen LogP contribution in [0.3, 0.4) is 0 Å². The largest absolute Gasteiger partial charge is 0.245 e. The molecule has 0 aromatic heterocycles. The van der Waals surface area contributed by atoms with Gasteiger partial charge in [0.2, 0.25) is 0 Å². The van der Waals surface area contributed by atoms with E-state index in [1.165, 1.54) is 111 Å². The Balaban J connectivity index is 1.59. The van der Waals surface area contributed by atoms with Gasteiger partial charge in [0.1, 0.15) is 0 Å². The molecule has 326 valence electrons. The fourth-order valence-corrected chi connectivity index (χ4v) is 11.0. The molecule has 1 nitrogen and oxygen atoms in total. The maximum absolute atomic E-state index is 5.52. The quantitative estimate of drug-likeness (QED) is 0.0696. The summed E-state index contributed by atoms with van der Waals surface area (Å²) in [5.74, 6) is 3.75. The SMILES string of the molecule is C=C/C(=C\C=C(/C=C)c1cc2c3c(c(-c4ccc(CCC(C)CCCC(C)C)cc4)cc(SC(=C)C4=CC=CCC4C)c3c1C)N=C(C(C)C)S2)CCC(C)CCCC(C)C. The molecule has 0 N–H and O–H groups in total. The molecule has 1 heterocycles. The van der Waals surface area contributed by atoms with Crippen molar-refractivity contribution in [2.45, 2.75) is 150 Å². The van der Waals surface area contributed by atoms with Gasteiger partial charge in [0, 0.05) is 36.9 Å². The topological polar surface area (TPSA) is 12.4 Å². The highest BCUT2D eigenvalue weighted by atomic mass is 32.2. The molecule has 0 bridgehead atoms. The first-order valence-electron chi connectivity index (χ1n) is 23.6. The van der Waals surface area contributed by atoms with E-state index in [-0.39, 0.29) is 0 Å². The monoisotopic (exact) mass is 852 g/mol. The molecule has 3 atom stereocenters. The van der Waals surface area contributed by atoms with Crippen molar-refractivity contribution in [3.05, 3.63) is 131 Å². The van der Waals surface area contributed by atoms with Crippen molar-refractivity contribution in [2.75, 3.05) is 0 Å². The number of aryl methyl sites for hydroxylation is 2. The van der Waals surface area contributed by atoms with Crippen LogP contribution in [-0.4, -0.2) is 5.04 Å². The minimum absolute atomic E-state index is 0.303. The summed E-state index contributed by atoms with van der Waals surface area (Å²) in [6, 6.07) is 14.3. The maximum atomic E-state index is 5.52. The first-order valence-corrected chi connectivity index (χ1v) is 25.2. The molecule has 0 fully saturated rings. The molecular formula is C58H77NS2. The van der Waals surface area contributed by atoms with Gasteiger partial charge in [0.15, 0.2) is 0 Å². The molecule has 1 aliphatic heterocycles. The van der Waals surface area contributed by atoms with Crippen LogP contribution in [-0.2, 0) is 6.42 Å². The number of hydrogen-bond donors (Lipinski definition) is 0. The lowest BCUT2D eigenvalue weighted by atomic mass is 9.90. The van der Waals surface area contributed by atoms with Gasteiger partial charge in [-0.3, -0.25) is 0 Å². The van der Waals surface area contributed by atoms with Gasteiger partial charge in [-0.2, -0.15) is 0 Å². The van der Waals surface area contributed by atoms with Crippen LogP contribution in [0.1, 0.15) is 143 Å². The van der Waals surface area contributed by atoms with E-state index < -0.39 is 0 Å². The lowest BCUT2D eigenvalue weighted by Gasteiger charge is -2.26. The van der Waals surface area contributed by atoms with E-state index in [0.29, 0.717) is 17.8 Å². The molecule has 0 saturated heterocycles. The Hall–Kier alpha value is -3.53. The number of nitrogens with zero attached hydrogens (tertiary/aromatic N) is 1. The summed E-state index contributed by atoms with van der Waals surface area (Å²) >= 11 is 3.67. The van der Waals surface area contributed by atoms with Gasteiger partial charge in [0.25, 0.3) is 0 Å². The van der Waals surface area contributed by atoms with Gasteiger partial charge in [-0.25, -0.2) is 4.99 Å². The van der Waals surface area contributed by atoms with Crippen molar-refractivity contribution in [1.82, 2.24) is 0 Å². The van der Waals surface area contributed by atoms with Gasteiger partial charge < -0.3 is 0 Å². The Morgan fingerprint density at radius 1 is 0.836 bits per heavy atom. The average molecular weight is 852 g/mol. The zero-order chi connectivity index (χ0) is 44.2. The van der Waals surface area contributed by atoms with E-state index in [0.717, 1.165) is 58.2 Å². The van der Waals surface area contributed by atoms with Crippen LogP contribution in [0.15, 0.2) is 130 Å². The second-order valence-electron chi connectivity index (χ2n) is 19.4. The smallest absolute Gasteiger partial charge is 0.0812 e. The summed E-state index contributed by atoms with van der Waals surface area (Å²) < 4.78 is 0. The van der Waals surface area contributed by atoms with E-state index in [9.17, 15) is 0 Å². The van der Waals surface area contributed by atoms with Gasteiger partial charge in [-0.1, -0.05) is 211 Å². The summed E-state index contributed by atoms with van der Waals surface area (Å²) in [6.07, 6.45) is 28.9. The van der Waals surface area contributed by atoms with Crippen molar-refractivity contribution >= 4 is 50.6 Å². The molecule has 3 aromatic rings. The second kappa shape index (κ2) is 23.2. The lowest BCUT2D eigenvalue weighted by molar-refractivity contribution is 0.437. The van der Waals surface area contributed by atoms with Gasteiger partial charge >= 0.3 is 0 Å². The van der Waals surface area contributed by atoms with Crippen LogP contribution < -0.4 is 0 Å². The number of aliphatic imine (C=N–C) groups is 1. The van der Waals surface area contributed by atoms with E-state index in [4.69, 9.17) is 11.6 Å². The van der Waals surface area contributed by atoms with E-state index in [1.54, 1.807) is 0 Å². The summed E-state index contributed by atoms with van der Waals surface area (Å²) in [4.78, 5) is 9.15. The Labute approximate surface area is 381 Å². The van der Waals surface area contributed by atoms with Crippen LogP contribution in [0, 0.1) is 42.4 Å². The normalized spacial score (nSPS) is 16.6. The second-order valence-corrected chi connectivity index (χ2v) is 21.6. The Morgan fingerprint density at radius 2 is 1.51 bits per heavy atom. The molecule has 3 aromatic carbocycles. The van der Waals surface area contributed by atoms with Crippen LogP contribution in [0.2, 0.25) is 0 Å². The third kappa shape index (κ3) is 13.2. The molecule has 2 aliphatic rings. The highest BCUT2D eigenvalue weighted by molar-refractivity contribution is 8.14. The lowest BCUT2D eigenvalue weighted by Crippen LogP contribution is -2.07. The zero-order valence-corrected chi connectivity index (χ0v) is 41.3. The van der Waals surface area contributed by atoms with Crippen molar-refractivity contribution in [3.63, 3.8) is 0 Å². The van der Waals surface area contributed by atoms with Crippen LogP contribution >= 0.6 is 23.5 Å². The molecule has 1 aliphatic carbocycles. The Kier molecular flexibility index (Phi) is 18.5. The minimum Gasteiger partial charge on any atom is -0.245 e. The zero-order valence-electron chi connectivity index (χ0n) is 39.6. The summed E-state index contributed by atoms with van der Waals surface area (Å²) in [7, 11) is 0. The average Bonchev–Trinajstić information content (AvgIpc) is 3.22. The molecule has 0 radical (unpaired) electrons. The fourth-order valence-electron chi connectivity index (χ4n) is 8.73. The van der Waals surface area contributed by atoms with Crippen molar-refractivity contribution < 1.29 is 0 Å². The van der Waals surface area contributed by atoms with Gasteiger partial charge in [-0.05, 0) is 120 Å². The summed E-state index contributed by atoms with van der Waals surface area (Å²) in [6.45, 7) is 36.6. The van der Waals surface area contributed by atoms with E-state index in [2.05, 4.69) is 149 Å². The molecule has 61 heavy (non-hydrogen) atoms. The van der Waals surface area contributed by atoms with Crippen molar-refractivity contribution in [3.8, 4) is 11.1 Å². The third-order valence-electron chi connectivity index (χ3n) is 12.8. The van der Waals surface area contributed by atoms with Crippen molar-refractivity contribution in [2.24, 2.45) is 40.5 Å². The molecule has 0 saturated carbocycles. The van der Waals surface area contributed by atoms with E-state index >= 15 is 0 Å².